The van der Waals surface area contributed by atoms with Gasteiger partial charge in [-0.3, -0.25) is 4.55 Å². The lowest BCUT2D eigenvalue weighted by molar-refractivity contribution is 0.0601. The molecule has 3 aromatic rings. The van der Waals surface area contributed by atoms with E-state index in [1.165, 1.54) is 31.4 Å². The predicted octanol–water partition coefficient (Wildman–Crippen LogP) is 3.53. The van der Waals surface area contributed by atoms with E-state index < -0.39 is 43.1 Å². The first-order chi connectivity index (χ1) is 19.4. The minimum Gasteiger partial charge on any atom is -0.465 e. The summed E-state index contributed by atoms with van der Waals surface area (Å²) in [5, 5.41) is 27.6. The highest BCUT2D eigenvalue weighted by molar-refractivity contribution is 7.91. The molecule has 0 atom stereocenters. The second kappa shape index (κ2) is 13.3. The molecule has 7 N–H and O–H groups in total. The third-order valence-electron chi connectivity index (χ3n) is 5.45. The fourth-order valence-electron chi connectivity index (χ4n) is 3.36. The fraction of sp³-hybridized carbons (Fsp3) is 0.208. The summed E-state index contributed by atoms with van der Waals surface area (Å²) >= 11 is 0. The Morgan fingerprint density at radius 1 is 0.902 bits per heavy atom. The minimum atomic E-state index is -4.84. The summed E-state index contributed by atoms with van der Waals surface area (Å²) in [6, 6.07) is 13.3. The van der Waals surface area contributed by atoms with E-state index in [0.717, 1.165) is 6.07 Å². The molecular weight excluding hydrogens is 578 g/mol. The Kier molecular flexibility index (Phi) is 10.1. The topological polar surface area (TPSA) is 249 Å². The maximum Gasteiger partial charge on any atom is 0.340 e. The van der Waals surface area contributed by atoms with Gasteiger partial charge in [-0.25, -0.2) is 13.2 Å². The third-order valence-corrected chi connectivity index (χ3v) is 7.97. The largest absolute Gasteiger partial charge is 0.465 e. The third kappa shape index (κ3) is 8.27. The van der Waals surface area contributed by atoms with Gasteiger partial charge in [-0.15, -0.1) is 15.3 Å². The van der Waals surface area contributed by atoms with Crippen LogP contribution in [0.2, 0.25) is 0 Å². The van der Waals surface area contributed by atoms with E-state index in [9.17, 15) is 26.2 Å². The van der Waals surface area contributed by atoms with Crippen LogP contribution in [0.4, 0.5) is 39.8 Å². The van der Waals surface area contributed by atoms with Gasteiger partial charge in [-0.2, -0.15) is 13.5 Å². The van der Waals surface area contributed by atoms with Crippen LogP contribution in [0, 0.1) is 0 Å². The molecular formula is C24H27N7O8S2. The van der Waals surface area contributed by atoms with Crippen molar-refractivity contribution in [1.29, 1.82) is 0 Å². The molecule has 0 amide bonds. The normalized spacial score (nSPS) is 12.2. The Morgan fingerprint density at radius 3 is 2.20 bits per heavy atom. The van der Waals surface area contributed by atoms with Crippen LogP contribution >= 0.6 is 0 Å². The summed E-state index contributed by atoms with van der Waals surface area (Å²) in [5.74, 6) is -1.15. The van der Waals surface area contributed by atoms with Crippen LogP contribution in [0.25, 0.3) is 0 Å². The zero-order valence-electron chi connectivity index (χ0n) is 21.6. The van der Waals surface area contributed by atoms with Gasteiger partial charge in [0.15, 0.2) is 9.84 Å². The SMILES string of the molecule is COC(=O)c1ccccc1N=Nc1cc(S(=O)(=O)O)c(N)c(N=Nc2ccc(NCCS(=O)(=O)CCO)cc2)c1N. The number of aliphatic hydroxyl groups excluding tert-OH is 1. The van der Waals surface area contributed by atoms with Crippen molar-refractivity contribution in [3.63, 3.8) is 0 Å². The number of nitrogen functional groups attached to an aromatic ring is 2. The maximum absolute atomic E-state index is 12.0. The number of hydrogen-bond acceptors (Lipinski definition) is 14. The standard InChI is InChI=1S/C24H27N7O8S2/c1-39-24(33)17-4-2-3-5-18(17)29-30-19-14-20(41(36,37)38)22(26)23(21(19)25)31-28-16-8-6-15(7-9-16)27-10-12-40(34,35)13-11-32/h2-9,14,27,32H,10-13,25-26H2,1H3,(H,36,37,38). The summed E-state index contributed by atoms with van der Waals surface area (Å²) in [6.45, 7) is -0.321. The van der Waals surface area contributed by atoms with Crippen LogP contribution in [0.5, 0.6) is 0 Å². The number of carbonyl (C=O) groups excluding carboxylic acids is 1. The van der Waals surface area contributed by atoms with Gasteiger partial charge in [0, 0.05) is 12.2 Å². The van der Waals surface area contributed by atoms with Gasteiger partial charge in [-0.1, -0.05) is 12.1 Å². The summed E-state index contributed by atoms with van der Waals surface area (Å²) in [6.07, 6.45) is 0. The van der Waals surface area contributed by atoms with Gasteiger partial charge >= 0.3 is 5.97 Å². The first kappa shape index (κ1) is 31.1. The van der Waals surface area contributed by atoms with Crippen molar-refractivity contribution < 1.29 is 36.0 Å². The number of esters is 1. The molecule has 0 heterocycles. The summed E-state index contributed by atoms with van der Waals surface area (Å²) in [7, 11) is -7.01. The number of ether oxygens (including phenoxy) is 1. The van der Waals surface area contributed by atoms with Crippen LogP contribution in [-0.2, 0) is 24.7 Å². The number of carbonyl (C=O) groups is 1. The van der Waals surface area contributed by atoms with Crippen molar-refractivity contribution in [3.8, 4) is 0 Å². The molecule has 0 unspecified atom stereocenters. The lowest BCUT2D eigenvalue weighted by atomic mass is 10.2. The number of sulfone groups is 1. The Labute approximate surface area is 235 Å². The summed E-state index contributed by atoms with van der Waals surface area (Å²) in [4.78, 5) is 11.3. The van der Waals surface area contributed by atoms with E-state index in [-0.39, 0.29) is 46.4 Å². The van der Waals surface area contributed by atoms with Crippen LogP contribution in [0.3, 0.4) is 0 Å². The summed E-state index contributed by atoms with van der Waals surface area (Å²) in [5.41, 5.74) is 12.0. The number of anilines is 3. The molecule has 15 nitrogen and oxygen atoms in total. The van der Waals surface area contributed by atoms with Gasteiger partial charge < -0.3 is 26.6 Å². The van der Waals surface area contributed by atoms with Gasteiger partial charge in [0.2, 0.25) is 0 Å². The van der Waals surface area contributed by atoms with Gasteiger partial charge in [0.05, 0.1) is 47.8 Å². The number of rotatable bonds is 12. The molecule has 218 valence electrons. The number of azo groups is 2. The number of benzene rings is 3. The van der Waals surface area contributed by atoms with Crippen molar-refractivity contribution in [3.05, 3.63) is 60.2 Å². The lowest BCUT2D eigenvalue weighted by Gasteiger charge is -2.10. The van der Waals surface area contributed by atoms with E-state index in [1.54, 1.807) is 24.3 Å². The number of hydrogen-bond donors (Lipinski definition) is 5. The zero-order valence-corrected chi connectivity index (χ0v) is 23.3. The Bertz CT molecular complexity index is 1690. The molecule has 17 heteroatoms. The first-order valence-corrected chi connectivity index (χ1v) is 15.0. The van der Waals surface area contributed by atoms with Crippen molar-refractivity contribution in [2.24, 2.45) is 20.5 Å². The van der Waals surface area contributed by atoms with E-state index in [4.69, 9.17) is 21.3 Å². The van der Waals surface area contributed by atoms with E-state index in [1.807, 2.05) is 0 Å². The smallest absolute Gasteiger partial charge is 0.340 e. The van der Waals surface area contributed by atoms with E-state index in [0.29, 0.717) is 11.4 Å². The molecule has 3 rings (SSSR count). The molecule has 0 aliphatic rings. The molecule has 41 heavy (non-hydrogen) atoms. The highest BCUT2D eigenvalue weighted by Crippen LogP contribution is 2.43. The van der Waals surface area contributed by atoms with Gasteiger partial charge in [-0.05, 0) is 42.5 Å². The van der Waals surface area contributed by atoms with Gasteiger partial charge in [0.1, 0.15) is 22.0 Å². The molecule has 0 radical (unpaired) electrons. The molecule has 0 fully saturated rings. The van der Waals surface area contributed by atoms with E-state index >= 15 is 0 Å². The molecule has 0 bridgehead atoms. The molecule has 0 spiro atoms. The van der Waals surface area contributed by atoms with Crippen molar-refractivity contribution >= 4 is 65.7 Å². The lowest BCUT2D eigenvalue weighted by Crippen LogP contribution is -2.20. The fourth-order valence-corrected chi connectivity index (χ4v) is 4.89. The number of nitrogens with zero attached hydrogens (tertiary/aromatic N) is 4. The number of methoxy groups -OCH3 is 1. The number of nitrogens with one attached hydrogen (secondary N) is 1. The zero-order chi connectivity index (χ0) is 30.2. The second-order valence-corrected chi connectivity index (χ2v) is 12.0. The molecule has 0 aliphatic carbocycles. The Hall–Kier alpha value is -4.45. The van der Waals surface area contributed by atoms with Crippen LogP contribution < -0.4 is 16.8 Å². The Morgan fingerprint density at radius 2 is 1.56 bits per heavy atom. The molecule has 0 saturated carbocycles. The average molecular weight is 606 g/mol. The maximum atomic E-state index is 12.0. The van der Waals surface area contributed by atoms with E-state index in [2.05, 4.69) is 25.8 Å². The molecule has 3 aromatic carbocycles. The van der Waals surface area contributed by atoms with Crippen molar-refractivity contribution in [2.75, 3.05) is 48.6 Å². The molecule has 0 aromatic heterocycles. The second-order valence-electron chi connectivity index (χ2n) is 8.30. The highest BCUT2D eigenvalue weighted by atomic mass is 32.2. The van der Waals surface area contributed by atoms with Crippen LogP contribution in [-0.4, -0.2) is 64.2 Å². The Balaban J connectivity index is 1.91. The first-order valence-electron chi connectivity index (χ1n) is 11.7. The number of aliphatic hydroxyl groups is 1. The predicted molar refractivity (Wildman–Crippen MR) is 152 cm³/mol. The molecule has 0 saturated heterocycles. The van der Waals surface area contributed by atoms with Gasteiger partial charge in [0.25, 0.3) is 10.1 Å². The van der Waals surface area contributed by atoms with Crippen molar-refractivity contribution in [1.82, 2.24) is 0 Å². The quantitative estimate of drug-likeness (QED) is 0.0864. The number of nitrogens with two attached hydrogens (primary N) is 2. The van der Waals surface area contributed by atoms with Crippen molar-refractivity contribution in [2.45, 2.75) is 4.90 Å². The molecule has 0 aliphatic heterocycles. The minimum absolute atomic E-state index is 0.0902. The highest BCUT2D eigenvalue weighted by Gasteiger charge is 2.22. The van der Waals surface area contributed by atoms with Crippen LogP contribution in [0.15, 0.2) is 79.9 Å². The average Bonchev–Trinajstić information content (AvgIpc) is 2.92. The monoisotopic (exact) mass is 605 g/mol. The summed E-state index contributed by atoms with van der Waals surface area (Å²) < 4.78 is 61.8. The van der Waals surface area contributed by atoms with Crippen LogP contribution in [0.1, 0.15) is 10.4 Å².